The van der Waals surface area contributed by atoms with E-state index in [1.165, 1.54) is 0 Å². The van der Waals surface area contributed by atoms with Gasteiger partial charge in [0.15, 0.2) is 0 Å². The number of nitrogens with zero attached hydrogens (tertiary/aromatic N) is 7. The second kappa shape index (κ2) is 10.1. The van der Waals surface area contributed by atoms with Gasteiger partial charge in [-0.25, -0.2) is 9.50 Å². The number of aromatic nitrogens is 3. The zero-order valence-electron chi connectivity index (χ0n) is 23.0. The van der Waals surface area contributed by atoms with E-state index in [0.717, 1.165) is 60.4 Å². The summed E-state index contributed by atoms with van der Waals surface area (Å²) in [6, 6.07) is 9.01. The van der Waals surface area contributed by atoms with Gasteiger partial charge < -0.3 is 19.6 Å². The average molecular weight is 540 g/mol. The second-order valence-electron chi connectivity index (χ2n) is 11.6. The summed E-state index contributed by atoms with van der Waals surface area (Å²) in [6.45, 7) is 6.75. The Morgan fingerprint density at radius 2 is 2.05 bits per heavy atom. The molecule has 0 saturated carbocycles. The van der Waals surface area contributed by atoms with E-state index in [-0.39, 0.29) is 6.61 Å². The highest BCUT2D eigenvalue weighted by Gasteiger charge is 2.45. The van der Waals surface area contributed by atoms with Crippen LogP contribution in [0.25, 0.3) is 16.6 Å². The maximum atomic E-state index is 11.6. The van der Waals surface area contributed by atoms with Crippen molar-refractivity contribution in [1.29, 1.82) is 5.26 Å². The highest BCUT2D eigenvalue weighted by Crippen LogP contribution is 2.36. The fourth-order valence-corrected chi connectivity index (χ4v) is 5.81. The first-order valence-electron chi connectivity index (χ1n) is 13.5. The van der Waals surface area contributed by atoms with Gasteiger partial charge in [-0.2, -0.15) is 10.4 Å². The lowest BCUT2D eigenvalue weighted by molar-refractivity contribution is -0.105. The quantitative estimate of drug-likeness (QED) is 0.432. The van der Waals surface area contributed by atoms with Gasteiger partial charge in [-0.05, 0) is 56.3 Å². The predicted molar refractivity (Wildman–Crippen MR) is 151 cm³/mol. The van der Waals surface area contributed by atoms with Crippen LogP contribution in [0.1, 0.15) is 25.8 Å². The van der Waals surface area contributed by atoms with Crippen LogP contribution in [0.3, 0.4) is 0 Å². The standard InChI is InChI=1S/C30H33N7O3/c1-30(2,39)19-40-26-9-27(29-22(10-31)12-33-37(29)17-26)20-4-5-28(32-11-20)35-15-24-8-25(16-35)36(24)14-21-6-7-34(3)13-23(21)18-38/h4-7,9,11-12,17-18,24-25,39H,8,13-16,19H2,1-3H3. The van der Waals surface area contributed by atoms with Gasteiger partial charge in [0.05, 0.1) is 29.1 Å². The third kappa shape index (κ3) is 4.94. The molecule has 2 atom stereocenters. The van der Waals surface area contributed by atoms with E-state index in [1.54, 1.807) is 30.8 Å². The first kappa shape index (κ1) is 26.0. The molecule has 40 heavy (non-hydrogen) atoms. The number of aldehydes is 1. The SMILES string of the molecule is CN1C=CC(CN2C3CC2CN(c2ccc(-c4cc(OCC(C)(C)O)cn5ncc(C#N)c45)cn2)C3)=C(C=O)C1. The predicted octanol–water partition coefficient (Wildman–Crippen LogP) is 2.64. The lowest BCUT2D eigenvalue weighted by Gasteiger charge is -2.57. The molecule has 2 unspecified atom stereocenters. The molecule has 4 aliphatic rings. The minimum Gasteiger partial charge on any atom is -0.489 e. The van der Waals surface area contributed by atoms with E-state index >= 15 is 0 Å². The Morgan fingerprint density at radius 3 is 2.73 bits per heavy atom. The molecule has 2 bridgehead atoms. The number of ether oxygens (including phenoxy) is 1. The van der Waals surface area contributed by atoms with E-state index in [9.17, 15) is 15.2 Å². The molecule has 3 fully saturated rings. The summed E-state index contributed by atoms with van der Waals surface area (Å²) in [6.07, 6.45) is 11.4. The molecule has 7 rings (SSSR count). The lowest BCUT2D eigenvalue weighted by atomic mass is 9.86. The van der Waals surface area contributed by atoms with Gasteiger partial charge in [0.2, 0.25) is 0 Å². The Morgan fingerprint density at radius 1 is 1.25 bits per heavy atom. The van der Waals surface area contributed by atoms with Crippen LogP contribution in [0.15, 0.2) is 60.2 Å². The Bertz CT molecular complexity index is 1530. The summed E-state index contributed by atoms with van der Waals surface area (Å²) in [5.74, 6) is 1.47. The minimum atomic E-state index is -0.984. The van der Waals surface area contributed by atoms with Crippen LogP contribution in [0.5, 0.6) is 5.75 Å². The molecule has 4 aliphatic heterocycles. The molecule has 3 aromatic rings. The Hall–Kier alpha value is -4.20. The number of hydrogen-bond acceptors (Lipinski definition) is 9. The first-order chi connectivity index (χ1) is 19.2. The van der Waals surface area contributed by atoms with Crippen molar-refractivity contribution in [2.45, 2.75) is 38.0 Å². The number of aliphatic hydroxyl groups is 1. The van der Waals surface area contributed by atoms with Gasteiger partial charge in [-0.3, -0.25) is 9.69 Å². The van der Waals surface area contributed by atoms with Crippen molar-refractivity contribution >= 4 is 17.6 Å². The van der Waals surface area contributed by atoms with Crippen molar-refractivity contribution < 1.29 is 14.6 Å². The van der Waals surface area contributed by atoms with Crippen molar-refractivity contribution in [3.05, 3.63) is 65.8 Å². The van der Waals surface area contributed by atoms with Gasteiger partial charge in [0, 0.05) is 68.2 Å². The summed E-state index contributed by atoms with van der Waals surface area (Å²) < 4.78 is 7.48. The largest absolute Gasteiger partial charge is 0.489 e. The Balaban J connectivity index is 1.20. The number of piperazine rings is 1. The summed E-state index contributed by atoms with van der Waals surface area (Å²) in [5, 5.41) is 24.1. The number of fused-ring (bicyclic) bond motifs is 3. The van der Waals surface area contributed by atoms with Gasteiger partial charge in [-0.1, -0.05) is 0 Å². The molecule has 0 aliphatic carbocycles. The number of anilines is 1. The second-order valence-corrected chi connectivity index (χ2v) is 11.6. The average Bonchev–Trinajstić information content (AvgIpc) is 3.37. The van der Waals surface area contributed by atoms with Crippen LogP contribution in [-0.4, -0.2) is 93.3 Å². The molecule has 3 saturated heterocycles. The van der Waals surface area contributed by atoms with E-state index in [0.29, 0.717) is 35.5 Å². The number of carbonyl (C=O) groups excluding carboxylic acids is 1. The van der Waals surface area contributed by atoms with Crippen molar-refractivity contribution in [3.63, 3.8) is 0 Å². The fourth-order valence-electron chi connectivity index (χ4n) is 5.81. The van der Waals surface area contributed by atoms with Crippen LogP contribution >= 0.6 is 0 Å². The fraction of sp³-hybridized carbons (Fsp3) is 0.400. The molecular formula is C30H33N7O3. The molecule has 10 heteroatoms. The topological polar surface area (TPSA) is 110 Å². The van der Waals surface area contributed by atoms with Crippen LogP contribution in [0, 0.1) is 11.3 Å². The number of rotatable bonds is 8. The monoisotopic (exact) mass is 539 g/mol. The number of carbonyl (C=O) groups is 1. The van der Waals surface area contributed by atoms with E-state index in [4.69, 9.17) is 9.72 Å². The van der Waals surface area contributed by atoms with Crippen molar-refractivity contribution in [2.24, 2.45) is 0 Å². The molecular weight excluding hydrogens is 506 g/mol. The maximum absolute atomic E-state index is 11.6. The third-order valence-corrected chi connectivity index (χ3v) is 7.88. The first-order valence-corrected chi connectivity index (χ1v) is 13.5. The highest BCUT2D eigenvalue weighted by molar-refractivity contribution is 5.85. The minimum absolute atomic E-state index is 0.122. The van der Waals surface area contributed by atoms with Crippen LogP contribution in [0.2, 0.25) is 0 Å². The van der Waals surface area contributed by atoms with Crippen LogP contribution in [0.4, 0.5) is 5.82 Å². The van der Waals surface area contributed by atoms with Gasteiger partial charge in [-0.15, -0.1) is 0 Å². The number of likely N-dealkylation sites (N-methyl/N-ethyl adjacent to an activating group) is 1. The number of hydrogen-bond donors (Lipinski definition) is 1. The Kier molecular flexibility index (Phi) is 6.56. The smallest absolute Gasteiger partial charge is 0.148 e. The summed E-state index contributed by atoms with van der Waals surface area (Å²) in [4.78, 5) is 23.3. The molecule has 0 radical (unpaired) electrons. The highest BCUT2D eigenvalue weighted by atomic mass is 16.5. The zero-order chi connectivity index (χ0) is 28.0. The van der Waals surface area contributed by atoms with Gasteiger partial charge in [0.25, 0.3) is 0 Å². The van der Waals surface area contributed by atoms with Crippen molar-refractivity contribution in [1.82, 2.24) is 24.4 Å². The summed E-state index contributed by atoms with van der Waals surface area (Å²) in [7, 11) is 1.98. The van der Waals surface area contributed by atoms with E-state index in [2.05, 4.69) is 27.0 Å². The molecule has 1 N–H and O–H groups in total. The van der Waals surface area contributed by atoms with Crippen molar-refractivity contribution in [2.75, 3.05) is 44.7 Å². The molecule has 0 amide bonds. The Labute approximate surface area is 233 Å². The molecule has 0 aromatic carbocycles. The molecule has 0 spiro atoms. The van der Waals surface area contributed by atoms with E-state index in [1.807, 2.05) is 42.5 Å². The van der Waals surface area contributed by atoms with E-state index < -0.39 is 5.60 Å². The number of nitriles is 1. The van der Waals surface area contributed by atoms with Crippen LogP contribution < -0.4 is 9.64 Å². The van der Waals surface area contributed by atoms with Crippen molar-refractivity contribution in [3.8, 4) is 22.9 Å². The zero-order valence-corrected chi connectivity index (χ0v) is 23.0. The molecule has 10 nitrogen and oxygen atoms in total. The summed E-state index contributed by atoms with van der Waals surface area (Å²) >= 11 is 0. The molecule has 206 valence electrons. The molecule has 7 heterocycles. The van der Waals surface area contributed by atoms with Gasteiger partial charge >= 0.3 is 0 Å². The lowest BCUT2D eigenvalue weighted by Crippen LogP contribution is -2.69. The molecule has 3 aromatic heterocycles. The van der Waals surface area contributed by atoms with Crippen LogP contribution in [-0.2, 0) is 4.79 Å². The number of pyridine rings is 2. The maximum Gasteiger partial charge on any atom is 0.148 e. The summed E-state index contributed by atoms with van der Waals surface area (Å²) in [5.41, 5.74) is 3.81. The number of piperidine rings is 1. The van der Waals surface area contributed by atoms with Gasteiger partial charge in [0.1, 0.15) is 30.5 Å². The normalized spacial score (nSPS) is 21.0. The third-order valence-electron chi connectivity index (χ3n) is 7.88.